The van der Waals surface area contributed by atoms with Crippen LogP contribution >= 0.6 is 27.7 Å². The van der Waals surface area contributed by atoms with Crippen LogP contribution in [0.3, 0.4) is 0 Å². The molecule has 2 atom stereocenters. The third-order valence-corrected chi connectivity index (χ3v) is 4.56. The van der Waals surface area contributed by atoms with Crippen LogP contribution in [0.5, 0.6) is 0 Å². The third-order valence-electron chi connectivity index (χ3n) is 2.90. The molecular weight excluding hydrogens is 300 g/mol. The lowest BCUT2D eigenvalue weighted by atomic mass is 10.3. The van der Waals surface area contributed by atoms with Crippen LogP contribution in [-0.4, -0.2) is 39.0 Å². The fraction of sp³-hybridized carbons (Fsp3) is 0.583. The lowest BCUT2D eigenvalue weighted by molar-refractivity contribution is 0.0743. The summed E-state index contributed by atoms with van der Waals surface area (Å²) < 4.78 is 2.83. The van der Waals surface area contributed by atoms with Gasteiger partial charge in [-0.3, -0.25) is 4.79 Å². The highest BCUT2D eigenvalue weighted by molar-refractivity contribution is 9.10. The van der Waals surface area contributed by atoms with Gasteiger partial charge >= 0.3 is 0 Å². The summed E-state index contributed by atoms with van der Waals surface area (Å²) in [5.41, 5.74) is 0.753. The van der Waals surface area contributed by atoms with Gasteiger partial charge in [0.2, 0.25) is 0 Å². The zero-order chi connectivity index (χ0) is 12.6. The molecule has 1 amide bonds. The van der Waals surface area contributed by atoms with E-state index in [0.29, 0.717) is 10.5 Å². The van der Waals surface area contributed by atoms with E-state index in [1.54, 1.807) is 0 Å². The summed E-state index contributed by atoms with van der Waals surface area (Å²) in [7, 11) is 1.91. The van der Waals surface area contributed by atoms with Crippen LogP contribution in [0.2, 0.25) is 0 Å². The van der Waals surface area contributed by atoms with Crippen molar-refractivity contribution in [3.05, 3.63) is 22.4 Å². The molecule has 1 saturated heterocycles. The lowest BCUT2D eigenvalue weighted by Gasteiger charge is -2.34. The number of aryl methyl sites for hydroxylation is 1. The number of amides is 1. The quantitative estimate of drug-likeness (QED) is 0.796. The summed E-state index contributed by atoms with van der Waals surface area (Å²) in [5.74, 6) is 0.136. The predicted molar refractivity (Wildman–Crippen MR) is 75.5 cm³/mol. The maximum Gasteiger partial charge on any atom is 0.270 e. The molecule has 0 spiro atoms. The van der Waals surface area contributed by atoms with Crippen molar-refractivity contribution in [3.63, 3.8) is 0 Å². The molecule has 0 radical (unpaired) electrons. The van der Waals surface area contributed by atoms with Crippen molar-refractivity contribution in [1.82, 2.24) is 9.47 Å². The smallest absolute Gasteiger partial charge is 0.270 e. The van der Waals surface area contributed by atoms with Gasteiger partial charge in [0, 0.05) is 41.3 Å². The minimum absolute atomic E-state index is 0.136. The second kappa shape index (κ2) is 5.06. The standard InChI is InChI=1S/C12H17BrN2OS/c1-8-5-15(6-9(2)17-8)12(16)11-4-10(13)7-14(11)3/h4,7-9H,5-6H2,1-3H3. The molecule has 1 aliphatic rings. The fourth-order valence-corrected chi connectivity index (χ4v) is 4.09. The van der Waals surface area contributed by atoms with Crippen molar-refractivity contribution in [2.24, 2.45) is 7.05 Å². The van der Waals surface area contributed by atoms with E-state index in [-0.39, 0.29) is 5.91 Å². The summed E-state index contributed by atoms with van der Waals surface area (Å²) in [6.07, 6.45) is 1.92. The monoisotopic (exact) mass is 316 g/mol. The van der Waals surface area contributed by atoms with E-state index in [2.05, 4.69) is 29.8 Å². The fourth-order valence-electron chi connectivity index (χ4n) is 2.24. The minimum Gasteiger partial charge on any atom is -0.345 e. The molecule has 2 unspecified atom stereocenters. The van der Waals surface area contributed by atoms with Crippen LogP contribution in [0.1, 0.15) is 24.3 Å². The SMILES string of the molecule is CC1CN(C(=O)c2cc(Br)cn2C)CC(C)S1. The summed E-state index contributed by atoms with van der Waals surface area (Å²) >= 11 is 5.36. The van der Waals surface area contributed by atoms with Crippen molar-refractivity contribution in [3.8, 4) is 0 Å². The molecular formula is C12H17BrN2OS. The number of thioether (sulfide) groups is 1. The normalized spacial score (nSPS) is 25.1. The maximum absolute atomic E-state index is 12.4. The van der Waals surface area contributed by atoms with Gasteiger partial charge in [-0.2, -0.15) is 11.8 Å². The van der Waals surface area contributed by atoms with Crippen LogP contribution in [-0.2, 0) is 7.05 Å². The number of carbonyl (C=O) groups excluding carboxylic acids is 1. The second-order valence-electron chi connectivity index (χ2n) is 4.62. The molecule has 94 valence electrons. The average Bonchev–Trinajstić information content (AvgIpc) is 2.55. The maximum atomic E-state index is 12.4. The molecule has 1 aromatic rings. The Morgan fingerprint density at radius 2 is 2.00 bits per heavy atom. The first kappa shape index (κ1) is 13.0. The summed E-state index contributed by atoms with van der Waals surface area (Å²) in [6, 6.07) is 1.89. The highest BCUT2D eigenvalue weighted by atomic mass is 79.9. The van der Waals surface area contributed by atoms with E-state index < -0.39 is 0 Å². The van der Waals surface area contributed by atoms with E-state index >= 15 is 0 Å². The van der Waals surface area contributed by atoms with Gasteiger partial charge < -0.3 is 9.47 Å². The first-order valence-electron chi connectivity index (χ1n) is 5.74. The molecule has 2 rings (SSSR count). The molecule has 0 saturated carbocycles. The molecule has 17 heavy (non-hydrogen) atoms. The van der Waals surface area contributed by atoms with Crippen LogP contribution in [0.15, 0.2) is 16.7 Å². The van der Waals surface area contributed by atoms with Gasteiger partial charge in [0.15, 0.2) is 0 Å². The Morgan fingerprint density at radius 3 is 2.47 bits per heavy atom. The Bertz CT molecular complexity index is 422. The van der Waals surface area contributed by atoms with Gasteiger partial charge in [-0.05, 0) is 22.0 Å². The summed E-state index contributed by atoms with van der Waals surface area (Å²) in [5, 5.41) is 1.04. The molecule has 0 N–H and O–H groups in total. The van der Waals surface area contributed by atoms with Crippen molar-refractivity contribution in [1.29, 1.82) is 0 Å². The molecule has 1 aliphatic heterocycles. The van der Waals surface area contributed by atoms with Crippen molar-refractivity contribution in [2.45, 2.75) is 24.3 Å². The number of rotatable bonds is 1. The Hall–Kier alpha value is -0.420. The van der Waals surface area contributed by atoms with E-state index in [9.17, 15) is 4.79 Å². The second-order valence-corrected chi connectivity index (χ2v) is 7.42. The van der Waals surface area contributed by atoms with Crippen molar-refractivity contribution in [2.75, 3.05) is 13.1 Å². The van der Waals surface area contributed by atoms with Gasteiger partial charge in [-0.1, -0.05) is 13.8 Å². The van der Waals surface area contributed by atoms with E-state index in [1.807, 2.05) is 40.5 Å². The largest absolute Gasteiger partial charge is 0.345 e. The molecule has 0 aliphatic carbocycles. The summed E-state index contributed by atoms with van der Waals surface area (Å²) in [6.45, 7) is 6.05. The van der Waals surface area contributed by atoms with Gasteiger partial charge in [-0.15, -0.1) is 0 Å². The number of hydrogen-bond acceptors (Lipinski definition) is 2. The topological polar surface area (TPSA) is 25.2 Å². The van der Waals surface area contributed by atoms with Gasteiger partial charge in [-0.25, -0.2) is 0 Å². The number of carbonyl (C=O) groups is 1. The van der Waals surface area contributed by atoms with Gasteiger partial charge in [0.1, 0.15) is 5.69 Å². The molecule has 0 aromatic carbocycles. The number of hydrogen-bond donors (Lipinski definition) is 0. The highest BCUT2D eigenvalue weighted by Crippen LogP contribution is 2.26. The lowest BCUT2D eigenvalue weighted by Crippen LogP contribution is -2.44. The first-order valence-corrected chi connectivity index (χ1v) is 7.47. The van der Waals surface area contributed by atoms with E-state index in [1.165, 1.54) is 0 Å². The van der Waals surface area contributed by atoms with Gasteiger partial charge in [0.05, 0.1) is 0 Å². The van der Waals surface area contributed by atoms with Gasteiger partial charge in [0.25, 0.3) is 5.91 Å². The predicted octanol–water partition coefficient (Wildman–Crippen LogP) is 2.75. The first-order chi connectivity index (χ1) is 7.97. The van der Waals surface area contributed by atoms with Crippen LogP contribution in [0.25, 0.3) is 0 Å². The Balaban J connectivity index is 2.17. The molecule has 5 heteroatoms. The van der Waals surface area contributed by atoms with E-state index in [4.69, 9.17) is 0 Å². The van der Waals surface area contributed by atoms with E-state index in [0.717, 1.165) is 23.3 Å². The molecule has 3 nitrogen and oxygen atoms in total. The molecule has 1 fully saturated rings. The minimum atomic E-state index is 0.136. The highest BCUT2D eigenvalue weighted by Gasteiger charge is 2.27. The molecule has 1 aromatic heterocycles. The number of nitrogens with zero attached hydrogens (tertiary/aromatic N) is 2. The van der Waals surface area contributed by atoms with Crippen LogP contribution in [0.4, 0.5) is 0 Å². The Kier molecular flexibility index (Phi) is 3.88. The molecule has 2 heterocycles. The van der Waals surface area contributed by atoms with Crippen LogP contribution < -0.4 is 0 Å². The van der Waals surface area contributed by atoms with Crippen LogP contribution in [0, 0.1) is 0 Å². The Morgan fingerprint density at radius 1 is 1.41 bits per heavy atom. The third kappa shape index (κ3) is 2.88. The zero-order valence-corrected chi connectivity index (χ0v) is 12.7. The number of aromatic nitrogens is 1. The Labute approximate surface area is 115 Å². The summed E-state index contributed by atoms with van der Waals surface area (Å²) in [4.78, 5) is 14.4. The average molecular weight is 317 g/mol. The van der Waals surface area contributed by atoms with Crippen molar-refractivity contribution >= 4 is 33.6 Å². The van der Waals surface area contributed by atoms with Crippen molar-refractivity contribution < 1.29 is 4.79 Å². The zero-order valence-electron chi connectivity index (χ0n) is 10.3. The number of halogens is 1. The molecule has 0 bridgehead atoms.